The van der Waals surface area contributed by atoms with Gasteiger partial charge in [0.25, 0.3) is 0 Å². The Kier molecular flexibility index (Phi) is 6.10. The molecule has 0 amide bonds. The Hall–Kier alpha value is -3.13. The van der Waals surface area contributed by atoms with Crippen molar-refractivity contribution in [1.82, 2.24) is 9.55 Å². The molecule has 2 heterocycles. The molecule has 0 unspecified atom stereocenters. The standard InChI is InChI=1S/C20H20N2O5S/c1-13-10-17(14(2)22(13)20-21-8-9-28-20)18(23)11-27-19(24)12-26-16-6-4-15(25-3)5-7-16/h4-10H,11-12H2,1-3H3. The summed E-state index contributed by atoms with van der Waals surface area (Å²) in [7, 11) is 1.57. The minimum Gasteiger partial charge on any atom is -0.497 e. The molecule has 7 nitrogen and oxygen atoms in total. The van der Waals surface area contributed by atoms with Gasteiger partial charge in [-0.3, -0.25) is 9.36 Å². The van der Waals surface area contributed by atoms with Gasteiger partial charge in [0.15, 0.2) is 18.3 Å². The van der Waals surface area contributed by atoms with Crippen LogP contribution in [0.4, 0.5) is 0 Å². The van der Waals surface area contributed by atoms with E-state index in [4.69, 9.17) is 14.2 Å². The first kappa shape index (κ1) is 19.6. The summed E-state index contributed by atoms with van der Waals surface area (Å²) in [4.78, 5) is 28.6. The average Bonchev–Trinajstić information content (AvgIpc) is 3.32. The van der Waals surface area contributed by atoms with Gasteiger partial charge in [-0.1, -0.05) is 0 Å². The van der Waals surface area contributed by atoms with Crippen LogP contribution in [0.2, 0.25) is 0 Å². The van der Waals surface area contributed by atoms with Crippen molar-refractivity contribution in [3.8, 4) is 16.6 Å². The summed E-state index contributed by atoms with van der Waals surface area (Å²) in [6.45, 7) is 3.13. The molecule has 1 aromatic carbocycles. The van der Waals surface area contributed by atoms with Gasteiger partial charge in [0.1, 0.15) is 11.5 Å². The van der Waals surface area contributed by atoms with Gasteiger partial charge >= 0.3 is 5.97 Å². The summed E-state index contributed by atoms with van der Waals surface area (Å²) in [5.74, 6) is 0.318. The number of rotatable bonds is 8. The van der Waals surface area contributed by atoms with Crippen molar-refractivity contribution in [1.29, 1.82) is 0 Å². The molecule has 0 bridgehead atoms. The van der Waals surface area contributed by atoms with Crippen LogP contribution in [0.1, 0.15) is 21.7 Å². The Bertz CT molecular complexity index is 961. The first-order valence-electron chi connectivity index (χ1n) is 8.54. The first-order valence-corrected chi connectivity index (χ1v) is 9.42. The number of ether oxygens (including phenoxy) is 3. The largest absolute Gasteiger partial charge is 0.497 e. The second-order valence-electron chi connectivity index (χ2n) is 5.98. The molecule has 0 saturated heterocycles. The van der Waals surface area contributed by atoms with E-state index < -0.39 is 5.97 Å². The zero-order valence-electron chi connectivity index (χ0n) is 15.8. The number of thiazole rings is 1. The van der Waals surface area contributed by atoms with E-state index in [2.05, 4.69) is 4.98 Å². The molecular formula is C20H20N2O5S. The van der Waals surface area contributed by atoms with E-state index in [-0.39, 0.29) is 19.0 Å². The molecule has 0 aliphatic rings. The predicted octanol–water partition coefficient (Wildman–Crippen LogP) is 3.36. The molecule has 0 aliphatic heterocycles. The minimum absolute atomic E-state index is 0.270. The summed E-state index contributed by atoms with van der Waals surface area (Å²) in [5.41, 5.74) is 2.17. The molecule has 0 N–H and O–H groups in total. The van der Waals surface area contributed by atoms with E-state index in [0.717, 1.165) is 16.5 Å². The maximum absolute atomic E-state index is 12.5. The Morgan fingerprint density at radius 3 is 2.46 bits per heavy atom. The van der Waals surface area contributed by atoms with E-state index in [1.807, 2.05) is 23.8 Å². The monoisotopic (exact) mass is 400 g/mol. The molecule has 8 heteroatoms. The van der Waals surface area contributed by atoms with Crippen molar-refractivity contribution in [3.05, 3.63) is 58.9 Å². The smallest absolute Gasteiger partial charge is 0.344 e. The number of aryl methyl sites for hydroxylation is 1. The molecule has 3 rings (SSSR count). The number of esters is 1. The molecular weight excluding hydrogens is 380 g/mol. The van der Waals surface area contributed by atoms with E-state index in [1.54, 1.807) is 43.6 Å². The lowest BCUT2D eigenvalue weighted by Crippen LogP contribution is -2.19. The highest BCUT2D eigenvalue weighted by atomic mass is 32.1. The van der Waals surface area contributed by atoms with Crippen LogP contribution in [0.25, 0.3) is 5.13 Å². The zero-order chi connectivity index (χ0) is 20.1. The fraction of sp³-hybridized carbons (Fsp3) is 0.250. The molecule has 0 radical (unpaired) electrons. The number of benzene rings is 1. The van der Waals surface area contributed by atoms with Gasteiger partial charge in [-0.15, -0.1) is 11.3 Å². The van der Waals surface area contributed by atoms with Crippen molar-refractivity contribution in [3.63, 3.8) is 0 Å². The first-order chi connectivity index (χ1) is 13.5. The number of aromatic nitrogens is 2. The topological polar surface area (TPSA) is 79.7 Å². The van der Waals surface area contributed by atoms with Crippen LogP contribution in [0.3, 0.4) is 0 Å². The number of Topliss-reactive ketones (excluding diaryl/α,β-unsaturated/α-hetero) is 1. The summed E-state index contributed by atoms with van der Waals surface area (Å²) in [5, 5.41) is 2.67. The van der Waals surface area contributed by atoms with Gasteiger partial charge < -0.3 is 14.2 Å². The van der Waals surface area contributed by atoms with E-state index >= 15 is 0 Å². The van der Waals surface area contributed by atoms with Crippen molar-refractivity contribution >= 4 is 23.1 Å². The van der Waals surface area contributed by atoms with Crippen LogP contribution in [-0.4, -0.2) is 41.6 Å². The quantitative estimate of drug-likeness (QED) is 0.426. The van der Waals surface area contributed by atoms with Gasteiger partial charge in [0, 0.05) is 28.5 Å². The number of methoxy groups -OCH3 is 1. The van der Waals surface area contributed by atoms with Crippen molar-refractivity contribution in [2.75, 3.05) is 20.3 Å². The fourth-order valence-corrected chi connectivity index (χ4v) is 3.50. The lowest BCUT2D eigenvalue weighted by Gasteiger charge is -2.08. The van der Waals surface area contributed by atoms with Crippen LogP contribution in [0.5, 0.6) is 11.5 Å². The van der Waals surface area contributed by atoms with Crippen LogP contribution >= 0.6 is 11.3 Å². The third-order valence-electron chi connectivity index (χ3n) is 4.12. The number of hydrogen-bond acceptors (Lipinski definition) is 7. The second-order valence-corrected chi connectivity index (χ2v) is 6.86. The van der Waals surface area contributed by atoms with Crippen molar-refractivity contribution in [2.24, 2.45) is 0 Å². The van der Waals surface area contributed by atoms with Crippen molar-refractivity contribution < 1.29 is 23.8 Å². The summed E-state index contributed by atoms with van der Waals surface area (Å²) < 4.78 is 17.4. The maximum atomic E-state index is 12.5. The maximum Gasteiger partial charge on any atom is 0.344 e. The molecule has 0 spiro atoms. The zero-order valence-corrected chi connectivity index (χ0v) is 16.6. The fourth-order valence-electron chi connectivity index (χ4n) is 2.75. The third kappa shape index (κ3) is 4.40. The van der Waals surface area contributed by atoms with Gasteiger partial charge in [0.2, 0.25) is 5.78 Å². The highest BCUT2D eigenvalue weighted by Crippen LogP contribution is 2.22. The van der Waals surface area contributed by atoms with Gasteiger partial charge in [-0.2, -0.15) is 0 Å². The van der Waals surface area contributed by atoms with Crippen LogP contribution < -0.4 is 9.47 Å². The van der Waals surface area contributed by atoms with Gasteiger partial charge in [0.05, 0.1) is 7.11 Å². The van der Waals surface area contributed by atoms with E-state index in [9.17, 15) is 9.59 Å². The number of hydrogen-bond donors (Lipinski definition) is 0. The lowest BCUT2D eigenvalue weighted by atomic mass is 10.1. The Labute approximate surface area is 166 Å². The van der Waals surface area contributed by atoms with Gasteiger partial charge in [-0.05, 0) is 44.2 Å². The highest BCUT2D eigenvalue weighted by molar-refractivity contribution is 7.12. The Balaban J connectivity index is 1.55. The molecule has 0 aliphatic carbocycles. The number of carbonyl (C=O) groups excluding carboxylic acids is 2. The highest BCUT2D eigenvalue weighted by Gasteiger charge is 2.19. The number of nitrogens with zero attached hydrogens (tertiary/aromatic N) is 2. The van der Waals surface area contributed by atoms with Crippen LogP contribution in [0.15, 0.2) is 41.9 Å². The molecule has 3 aromatic rings. The Morgan fingerprint density at radius 2 is 1.82 bits per heavy atom. The summed E-state index contributed by atoms with van der Waals surface area (Å²) in [6.07, 6.45) is 1.71. The molecule has 0 saturated carbocycles. The SMILES string of the molecule is COc1ccc(OCC(=O)OCC(=O)c2cc(C)n(-c3nccs3)c2C)cc1. The lowest BCUT2D eigenvalue weighted by molar-refractivity contribution is -0.144. The van der Waals surface area contributed by atoms with Gasteiger partial charge in [-0.25, -0.2) is 9.78 Å². The summed E-state index contributed by atoms with van der Waals surface area (Å²) in [6, 6.07) is 8.60. The molecule has 28 heavy (non-hydrogen) atoms. The normalized spacial score (nSPS) is 10.5. The van der Waals surface area contributed by atoms with Crippen LogP contribution in [0, 0.1) is 13.8 Å². The third-order valence-corrected chi connectivity index (χ3v) is 4.88. The minimum atomic E-state index is -0.613. The number of carbonyl (C=O) groups is 2. The van der Waals surface area contributed by atoms with Crippen molar-refractivity contribution in [2.45, 2.75) is 13.8 Å². The number of ketones is 1. The van der Waals surface area contributed by atoms with Crippen LogP contribution in [-0.2, 0) is 9.53 Å². The second kappa shape index (κ2) is 8.71. The Morgan fingerprint density at radius 1 is 1.11 bits per heavy atom. The molecule has 2 aromatic heterocycles. The van der Waals surface area contributed by atoms with E-state index in [0.29, 0.717) is 17.1 Å². The predicted molar refractivity (Wildman–Crippen MR) is 105 cm³/mol. The molecule has 146 valence electrons. The molecule has 0 fully saturated rings. The molecule has 0 atom stereocenters. The van der Waals surface area contributed by atoms with E-state index in [1.165, 1.54) is 11.3 Å². The summed E-state index contributed by atoms with van der Waals surface area (Å²) >= 11 is 1.49. The average molecular weight is 400 g/mol.